The molecule has 0 bridgehead atoms. The number of aromatic nitrogens is 3. The van der Waals surface area contributed by atoms with Crippen molar-refractivity contribution in [1.82, 2.24) is 14.8 Å². The molecular formula is C21H17N5OS. The van der Waals surface area contributed by atoms with Crippen LogP contribution in [0.3, 0.4) is 0 Å². The highest BCUT2D eigenvalue weighted by Gasteiger charge is 2.16. The Morgan fingerprint density at radius 3 is 2.61 bits per heavy atom. The maximum Gasteiger partial charge on any atom is 0.256 e. The van der Waals surface area contributed by atoms with Gasteiger partial charge in [0.05, 0.1) is 27.5 Å². The van der Waals surface area contributed by atoms with Gasteiger partial charge in [-0.05, 0) is 62.2 Å². The number of nitrogens with zero attached hydrogens (tertiary/aromatic N) is 4. The van der Waals surface area contributed by atoms with Crippen molar-refractivity contribution in [2.45, 2.75) is 20.8 Å². The molecule has 0 spiro atoms. The van der Waals surface area contributed by atoms with Gasteiger partial charge in [-0.3, -0.25) is 4.79 Å². The summed E-state index contributed by atoms with van der Waals surface area (Å²) in [5.41, 5.74) is 5.01. The minimum Gasteiger partial charge on any atom is -0.306 e. The maximum atomic E-state index is 12.6. The van der Waals surface area contributed by atoms with Crippen LogP contribution >= 0.6 is 11.3 Å². The third kappa shape index (κ3) is 3.26. The van der Waals surface area contributed by atoms with Gasteiger partial charge in [-0.15, -0.1) is 0 Å². The summed E-state index contributed by atoms with van der Waals surface area (Å²) < 4.78 is 2.75. The Labute approximate surface area is 166 Å². The fourth-order valence-corrected chi connectivity index (χ4v) is 4.18. The number of hydrogen-bond donors (Lipinski definition) is 1. The highest BCUT2D eigenvalue weighted by Crippen LogP contribution is 2.30. The second-order valence-electron chi connectivity index (χ2n) is 6.65. The molecule has 4 rings (SSSR count). The first-order chi connectivity index (χ1) is 13.4. The fourth-order valence-electron chi connectivity index (χ4n) is 3.07. The number of benzene rings is 2. The number of fused-ring (bicyclic) bond motifs is 1. The van der Waals surface area contributed by atoms with Crippen LogP contribution in [0, 0.1) is 32.1 Å². The summed E-state index contributed by atoms with van der Waals surface area (Å²) in [5.74, 6) is 0.291. The van der Waals surface area contributed by atoms with Crippen LogP contribution in [0.2, 0.25) is 0 Å². The molecule has 0 unspecified atom stereocenters. The lowest BCUT2D eigenvalue weighted by Gasteiger charge is -2.06. The molecule has 28 heavy (non-hydrogen) atoms. The van der Waals surface area contributed by atoms with E-state index in [9.17, 15) is 4.79 Å². The molecule has 0 radical (unpaired) electrons. The molecule has 6 nitrogen and oxygen atoms in total. The van der Waals surface area contributed by atoms with E-state index in [1.165, 1.54) is 16.9 Å². The van der Waals surface area contributed by atoms with Crippen LogP contribution in [-0.2, 0) is 0 Å². The van der Waals surface area contributed by atoms with Crippen molar-refractivity contribution in [3.05, 3.63) is 70.4 Å². The molecule has 7 heteroatoms. The number of nitrogens with one attached hydrogen (secondary N) is 1. The number of hydrogen-bond acceptors (Lipinski definition) is 5. The Balaban J connectivity index is 1.70. The Hall–Kier alpha value is -3.50. The van der Waals surface area contributed by atoms with Crippen molar-refractivity contribution in [1.29, 1.82) is 5.26 Å². The summed E-state index contributed by atoms with van der Waals surface area (Å²) in [5, 5.41) is 17.0. The van der Waals surface area contributed by atoms with Gasteiger partial charge in [0.2, 0.25) is 5.13 Å². The van der Waals surface area contributed by atoms with E-state index < -0.39 is 0 Å². The normalized spacial score (nSPS) is 10.8. The molecule has 2 heterocycles. The first-order valence-electron chi connectivity index (χ1n) is 8.71. The van der Waals surface area contributed by atoms with Crippen LogP contribution in [0.15, 0.2) is 42.5 Å². The van der Waals surface area contributed by atoms with Crippen molar-refractivity contribution < 1.29 is 4.79 Å². The highest BCUT2D eigenvalue weighted by molar-refractivity contribution is 7.20. The Morgan fingerprint density at radius 2 is 1.89 bits per heavy atom. The zero-order valence-corrected chi connectivity index (χ0v) is 16.5. The molecule has 0 atom stereocenters. The van der Waals surface area contributed by atoms with Crippen molar-refractivity contribution in [2.24, 2.45) is 0 Å². The third-order valence-corrected chi connectivity index (χ3v) is 5.33. The van der Waals surface area contributed by atoms with Crippen LogP contribution in [0.25, 0.3) is 15.3 Å². The number of nitriles is 1. The Morgan fingerprint density at radius 1 is 1.14 bits per heavy atom. The monoisotopic (exact) mass is 387 g/mol. The van der Waals surface area contributed by atoms with Gasteiger partial charge in [0.25, 0.3) is 5.91 Å². The van der Waals surface area contributed by atoms with E-state index in [1.54, 1.807) is 28.9 Å². The Kier molecular flexibility index (Phi) is 4.41. The van der Waals surface area contributed by atoms with Crippen molar-refractivity contribution in [3.63, 3.8) is 0 Å². The lowest BCUT2D eigenvalue weighted by Crippen LogP contribution is -2.15. The van der Waals surface area contributed by atoms with Gasteiger partial charge >= 0.3 is 0 Å². The number of amides is 1. The van der Waals surface area contributed by atoms with E-state index in [2.05, 4.69) is 29.5 Å². The van der Waals surface area contributed by atoms with Crippen molar-refractivity contribution in [2.75, 3.05) is 5.32 Å². The quantitative estimate of drug-likeness (QED) is 0.560. The average Bonchev–Trinajstić information content (AvgIpc) is 3.25. The molecule has 0 fully saturated rings. The number of carbonyl (C=O) groups is 1. The van der Waals surface area contributed by atoms with Gasteiger partial charge in [0, 0.05) is 11.6 Å². The van der Waals surface area contributed by atoms with E-state index in [1.807, 2.05) is 26.0 Å². The predicted octanol–water partition coefficient (Wildman–Crippen LogP) is 4.53. The zero-order chi connectivity index (χ0) is 19.8. The average molecular weight is 387 g/mol. The second-order valence-corrected chi connectivity index (χ2v) is 7.66. The number of thiazole rings is 1. The van der Waals surface area contributed by atoms with Crippen LogP contribution in [0.5, 0.6) is 0 Å². The van der Waals surface area contributed by atoms with E-state index in [-0.39, 0.29) is 5.91 Å². The third-order valence-electron chi connectivity index (χ3n) is 4.35. The largest absolute Gasteiger partial charge is 0.306 e. The fraction of sp³-hybridized carbons (Fsp3) is 0.143. The molecule has 138 valence electrons. The van der Waals surface area contributed by atoms with Gasteiger partial charge in [-0.1, -0.05) is 17.4 Å². The number of anilines is 1. The van der Waals surface area contributed by atoms with Crippen LogP contribution in [0.4, 0.5) is 5.82 Å². The van der Waals surface area contributed by atoms with Gasteiger partial charge in [-0.2, -0.15) is 15.0 Å². The summed E-state index contributed by atoms with van der Waals surface area (Å²) >= 11 is 1.54. The molecule has 0 aliphatic carbocycles. The minimum absolute atomic E-state index is 0.265. The lowest BCUT2D eigenvalue weighted by molar-refractivity contribution is 0.102. The number of aryl methyl sites for hydroxylation is 3. The van der Waals surface area contributed by atoms with Gasteiger partial charge in [0.15, 0.2) is 0 Å². The second kappa shape index (κ2) is 6.91. The number of carbonyl (C=O) groups excluding carboxylic acids is 1. The van der Waals surface area contributed by atoms with Crippen molar-refractivity contribution >= 4 is 33.3 Å². The van der Waals surface area contributed by atoms with E-state index in [4.69, 9.17) is 10.2 Å². The maximum absolute atomic E-state index is 12.6. The SMILES string of the molecule is Cc1cc(C)c2nc(-n3nc(C)cc3NC(=O)c3ccc(C#N)cc3)sc2c1. The van der Waals surface area contributed by atoms with E-state index in [0.29, 0.717) is 22.1 Å². The molecule has 2 aromatic carbocycles. The smallest absolute Gasteiger partial charge is 0.256 e. The number of rotatable bonds is 3. The van der Waals surface area contributed by atoms with Crippen molar-refractivity contribution in [3.8, 4) is 11.2 Å². The lowest BCUT2D eigenvalue weighted by atomic mass is 10.1. The molecule has 0 saturated carbocycles. The minimum atomic E-state index is -0.265. The molecule has 0 aliphatic heterocycles. The van der Waals surface area contributed by atoms with Crippen LogP contribution in [0.1, 0.15) is 32.7 Å². The molecule has 1 N–H and O–H groups in total. The topological polar surface area (TPSA) is 83.6 Å². The molecule has 4 aromatic rings. The molecule has 0 aliphatic rings. The van der Waals surface area contributed by atoms with E-state index >= 15 is 0 Å². The summed E-state index contributed by atoms with van der Waals surface area (Å²) in [7, 11) is 0. The first kappa shape index (κ1) is 17.9. The standard InChI is InChI=1S/C21H17N5OS/c1-12-8-13(2)19-17(9-12)28-21(24-19)26-18(10-14(3)25-26)23-20(27)16-6-4-15(11-22)5-7-16/h4-10H,1-3H3,(H,23,27). The molecule has 1 amide bonds. The Bertz CT molecular complexity index is 1240. The van der Waals surface area contributed by atoms with E-state index in [0.717, 1.165) is 21.5 Å². The van der Waals surface area contributed by atoms with Gasteiger partial charge in [0.1, 0.15) is 5.82 Å². The molecule has 0 saturated heterocycles. The summed E-state index contributed by atoms with van der Waals surface area (Å²) in [6, 6.07) is 14.6. The first-order valence-corrected chi connectivity index (χ1v) is 9.52. The summed E-state index contributed by atoms with van der Waals surface area (Å²) in [4.78, 5) is 17.4. The van der Waals surface area contributed by atoms with Gasteiger partial charge < -0.3 is 5.32 Å². The zero-order valence-electron chi connectivity index (χ0n) is 15.6. The molecular weight excluding hydrogens is 370 g/mol. The highest BCUT2D eigenvalue weighted by atomic mass is 32.1. The van der Waals surface area contributed by atoms with Crippen LogP contribution in [-0.4, -0.2) is 20.7 Å². The summed E-state index contributed by atoms with van der Waals surface area (Å²) in [6.45, 7) is 5.98. The predicted molar refractivity (Wildman–Crippen MR) is 110 cm³/mol. The van der Waals surface area contributed by atoms with Crippen LogP contribution < -0.4 is 5.32 Å². The van der Waals surface area contributed by atoms with Gasteiger partial charge in [-0.25, -0.2) is 4.98 Å². The molecule has 2 aromatic heterocycles. The summed E-state index contributed by atoms with van der Waals surface area (Å²) in [6.07, 6.45) is 0.